The first-order valence-corrected chi connectivity index (χ1v) is 11.7. The Hall–Kier alpha value is -2.01. The van der Waals surface area contributed by atoms with Gasteiger partial charge >= 0.3 is 0 Å². The van der Waals surface area contributed by atoms with Gasteiger partial charge in [0.15, 0.2) is 9.84 Å². The second kappa shape index (κ2) is 7.55. The molecular weight excluding hydrogens is 413 g/mol. The summed E-state index contributed by atoms with van der Waals surface area (Å²) < 4.78 is 71.9. The first-order valence-electron chi connectivity index (χ1n) is 7.78. The van der Waals surface area contributed by atoms with Crippen LogP contribution in [0.2, 0.25) is 0 Å². The van der Waals surface area contributed by atoms with Gasteiger partial charge in [0, 0.05) is 6.54 Å². The van der Waals surface area contributed by atoms with E-state index in [0.29, 0.717) is 0 Å². The van der Waals surface area contributed by atoms with Gasteiger partial charge in [-0.1, -0.05) is 6.07 Å². The molecule has 144 valence electrons. The SMILES string of the molecule is Cc1cc(F)ccc1S(=O)(=O)NC[C@@H](c1ccco1)S(=O)(=O)c1cccs1. The van der Waals surface area contributed by atoms with Crippen LogP contribution >= 0.6 is 11.3 Å². The number of aryl methyl sites for hydroxylation is 1. The predicted molar refractivity (Wildman–Crippen MR) is 99.3 cm³/mol. The molecule has 1 atom stereocenters. The average molecular weight is 430 g/mol. The van der Waals surface area contributed by atoms with Crippen LogP contribution in [0.25, 0.3) is 0 Å². The maximum absolute atomic E-state index is 13.2. The molecule has 0 aliphatic rings. The molecule has 0 saturated heterocycles. The Labute approximate surface area is 160 Å². The average Bonchev–Trinajstić information content (AvgIpc) is 3.28. The Balaban J connectivity index is 1.92. The minimum atomic E-state index is -4.04. The lowest BCUT2D eigenvalue weighted by Crippen LogP contribution is -2.32. The van der Waals surface area contributed by atoms with Crippen LogP contribution in [0.3, 0.4) is 0 Å². The van der Waals surface area contributed by atoms with Gasteiger partial charge in [0.2, 0.25) is 10.0 Å². The largest absolute Gasteiger partial charge is 0.468 e. The van der Waals surface area contributed by atoms with Crippen molar-refractivity contribution in [2.24, 2.45) is 0 Å². The molecule has 10 heteroatoms. The molecule has 1 aromatic carbocycles. The van der Waals surface area contributed by atoms with Crippen molar-refractivity contribution in [3.8, 4) is 0 Å². The smallest absolute Gasteiger partial charge is 0.240 e. The van der Waals surface area contributed by atoms with Crippen molar-refractivity contribution in [1.29, 1.82) is 0 Å². The Morgan fingerprint density at radius 3 is 2.52 bits per heavy atom. The van der Waals surface area contributed by atoms with Gasteiger partial charge in [-0.3, -0.25) is 0 Å². The Kier molecular flexibility index (Phi) is 5.52. The first kappa shape index (κ1) is 19.7. The second-order valence-electron chi connectivity index (χ2n) is 5.74. The van der Waals surface area contributed by atoms with E-state index in [9.17, 15) is 21.2 Å². The Morgan fingerprint density at radius 1 is 1.15 bits per heavy atom. The molecule has 0 radical (unpaired) electrons. The van der Waals surface area contributed by atoms with E-state index < -0.39 is 37.5 Å². The molecule has 3 aromatic rings. The van der Waals surface area contributed by atoms with E-state index in [-0.39, 0.29) is 20.4 Å². The monoisotopic (exact) mass is 429 g/mol. The Bertz CT molecular complexity index is 1120. The summed E-state index contributed by atoms with van der Waals surface area (Å²) in [6.45, 7) is 1.04. The van der Waals surface area contributed by atoms with Gasteiger partial charge < -0.3 is 4.42 Å². The maximum Gasteiger partial charge on any atom is 0.240 e. The summed E-state index contributed by atoms with van der Waals surface area (Å²) in [5, 5.41) is 0.389. The highest BCUT2D eigenvalue weighted by Crippen LogP contribution is 2.31. The fraction of sp³-hybridized carbons (Fsp3) is 0.176. The minimum absolute atomic E-state index is 0.112. The molecule has 0 aliphatic heterocycles. The summed E-state index contributed by atoms with van der Waals surface area (Å²) in [6.07, 6.45) is 1.32. The third kappa shape index (κ3) is 4.13. The van der Waals surface area contributed by atoms with Crippen molar-refractivity contribution in [2.75, 3.05) is 6.54 Å². The van der Waals surface area contributed by atoms with E-state index in [0.717, 1.165) is 29.5 Å². The van der Waals surface area contributed by atoms with Gasteiger partial charge in [0.05, 0.1) is 11.2 Å². The predicted octanol–water partition coefficient (Wildman–Crippen LogP) is 3.28. The van der Waals surface area contributed by atoms with Crippen LogP contribution in [0, 0.1) is 12.7 Å². The van der Waals surface area contributed by atoms with E-state index in [4.69, 9.17) is 4.42 Å². The quantitative estimate of drug-likeness (QED) is 0.622. The van der Waals surface area contributed by atoms with Crippen molar-refractivity contribution in [2.45, 2.75) is 21.3 Å². The van der Waals surface area contributed by atoms with Crippen LogP contribution in [0.15, 0.2) is 67.6 Å². The molecule has 0 fully saturated rings. The van der Waals surface area contributed by atoms with Gasteiger partial charge in [-0.2, -0.15) is 0 Å². The van der Waals surface area contributed by atoms with Crippen LogP contribution < -0.4 is 4.72 Å². The molecule has 0 saturated carbocycles. The summed E-state index contributed by atoms with van der Waals surface area (Å²) in [7, 11) is -7.91. The highest BCUT2D eigenvalue weighted by atomic mass is 32.2. The number of hydrogen-bond donors (Lipinski definition) is 1. The van der Waals surface area contributed by atoms with E-state index in [1.54, 1.807) is 11.4 Å². The van der Waals surface area contributed by atoms with Crippen LogP contribution in [-0.4, -0.2) is 23.4 Å². The second-order valence-corrected chi connectivity index (χ2v) is 10.8. The van der Waals surface area contributed by atoms with Gasteiger partial charge in [0.25, 0.3) is 0 Å². The molecule has 0 unspecified atom stereocenters. The lowest BCUT2D eigenvalue weighted by atomic mass is 10.2. The fourth-order valence-electron chi connectivity index (χ4n) is 2.58. The summed E-state index contributed by atoms with van der Waals surface area (Å²) in [5.74, 6) is -0.429. The number of nitrogens with one attached hydrogen (secondary N) is 1. The van der Waals surface area contributed by atoms with Crippen molar-refractivity contribution in [3.63, 3.8) is 0 Å². The molecule has 27 heavy (non-hydrogen) atoms. The van der Waals surface area contributed by atoms with E-state index >= 15 is 0 Å². The van der Waals surface area contributed by atoms with Gasteiger partial charge in [0.1, 0.15) is 21.0 Å². The van der Waals surface area contributed by atoms with Crippen molar-refractivity contribution in [1.82, 2.24) is 4.72 Å². The van der Waals surface area contributed by atoms with Crippen molar-refractivity contribution < 1.29 is 25.6 Å². The highest BCUT2D eigenvalue weighted by Gasteiger charge is 2.33. The number of halogens is 1. The lowest BCUT2D eigenvalue weighted by Gasteiger charge is -2.16. The van der Waals surface area contributed by atoms with Crippen molar-refractivity contribution in [3.05, 3.63) is 71.2 Å². The lowest BCUT2D eigenvalue weighted by molar-refractivity contribution is 0.487. The minimum Gasteiger partial charge on any atom is -0.468 e. The number of sulfone groups is 1. The molecule has 0 aliphatic carbocycles. The van der Waals surface area contributed by atoms with Crippen LogP contribution in [0.1, 0.15) is 16.6 Å². The number of sulfonamides is 1. The third-order valence-electron chi connectivity index (χ3n) is 3.90. The van der Waals surface area contributed by atoms with Crippen molar-refractivity contribution >= 4 is 31.2 Å². The van der Waals surface area contributed by atoms with Crippen LogP contribution in [0.5, 0.6) is 0 Å². The topological polar surface area (TPSA) is 93.4 Å². The standard InChI is InChI=1S/C17H16FNO5S3/c1-12-10-13(18)6-7-15(12)27(22,23)19-11-16(14-4-2-8-24-14)26(20,21)17-5-3-9-25-17/h2-10,16,19H,11H2,1H3/t16-/m0/s1. The van der Waals surface area contributed by atoms with E-state index in [1.807, 2.05) is 0 Å². The van der Waals surface area contributed by atoms with E-state index in [2.05, 4.69) is 4.72 Å². The molecule has 0 spiro atoms. The van der Waals surface area contributed by atoms with Crippen LogP contribution in [0.4, 0.5) is 4.39 Å². The summed E-state index contributed by atoms with van der Waals surface area (Å²) in [5.41, 5.74) is 0.221. The zero-order valence-electron chi connectivity index (χ0n) is 14.1. The zero-order chi connectivity index (χ0) is 19.7. The normalized spacial score (nSPS) is 13.6. The zero-order valence-corrected chi connectivity index (χ0v) is 16.6. The number of furan rings is 1. The first-order chi connectivity index (χ1) is 12.7. The summed E-state index contributed by atoms with van der Waals surface area (Å²) in [4.78, 5) is -0.115. The fourth-order valence-corrected chi connectivity index (χ4v) is 6.75. The molecule has 1 N–H and O–H groups in total. The Morgan fingerprint density at radius 2 is 1.93 bits per heavy atom. The molecule has 3 rings (SSSR count). The highest BCUT2D eigenvalue weighted by molar-refractivity contribution is 7.93. The van der Waals surface area contributed by atoms with Crippen LogP contribution in [-0.2, 0) is 19.9 Å². The molecule has 6 nitrogen and oxygen atoms in total. The number of rotatable bonds is 7. The molecular formula is C17H16FNO5S3. The van der Waals surface area contributed by atoms with Gasteiger partial charge in [-0.25, -0.2) is 25.9 Å². The molecule has 0 bridgehead atoms. The molecule has 0 amide bonds. The molecule has 2 heterocycles. The summed E-state index contributed by atoms with van der Waals surface area (Å²) in [6, 6.07) is 9.34. The number of benzene rings is 1. The van der Waals surface area contributed by atoms with Gasteiger partial charge in [-0.15, -0.1) is 11.3 Å². The summed E-state index contributed by atoms with van der Waals surface area (Å²) >= 11 is 1.04. The number of thiophene rings is 1. The number of hydrogen-bond acceptors (Lipinski definition) is 6. The van der Waals surface area contributed by atoms with E-state index in [1.165, 1.54) is 31.4 Å². The third-order valence-corrected chi connectivity index (χ3v) is 8.97. The maximum atomic E-state index is 13.2. The van der Waals surface area contributed by atoms with Gasteiger partial charge in [-0.05, 0) is 54.3 Å². The molecule has 2 aromatic heterocycles.